The summed E-state index contributed by atoms with van der Waals surface area (Å²) in [4.78, 5) is 11.5. The molecule has 1 unspecified atom stereocenters. The Morgan fingerprint density at radius 3 is 2.43 bits per heavy atom. The van der Waals surface area contributed by atoms with E-state index in [1.807, 2.05) is 32.0 Å². The van der Waals surface area contributed by atoms with Crippen LogP contribution in [0.15, 0.2) is 18.2 Å². The largest absolute Gasteiger partial charge is 0.381 e. The van der Waals surface area contributed by atoms with Gasteiger partial charge in [0.25, 0.3) is 0 Å². The van der Waals surface area contributed by atoms with Gasteiger partial charge in [0.1, 0.15) is 0 Å². The number of carbonyl (C=O) groups excluding carboxylic acids is 1. The molecule has 1 rings (SSSR count). The molecule has 5 nitrogen and oxygen atoms in total. The van der Waals surface area contributed by atoms with Crippen molar-refractivity contribution < 1.29 is 13.2 Å². The zero-order valence-electron chi connectivity index (χ0n) is 13.1. The van der Waals surface area contributed by atoms with Crippen molar-refractivity contribution in [3.63, 3.8) is 0 Å². The normalized spacial score (nSPS) is 12.8. The average molecular weight is 312 g/mol. The molecule has 0 fully saturated rings. The Balaban J connectivity index is 2.85. The van der Waals surface area contributed by atoms with Crippen LogP contribution in [0.1, 0.15) is 32.8 Å². The van der Waals surface area contributed by atoms with Gasteiger partial charge in [0, 0.05) is 29.6 Å². The van der Waals surface area contributed by atoms with Crippen LogP contribution < -0.4 is 10.6 Å². The molecule has 1 amide bonds. The molecule has 21 heavy (non-hydrogen) atoms. The van der Waals surface area contributed by atoms with Gasteiger partial charge in [-0.25, -0.2) is 8.42 Å². The van der Waals surface area contributed by atoms with Crippen molar-refractivity contribution in [3.8, 4) is 0 Å². The second-order valence-electron chi connectivity index (χ2n) is 5.12. The first-order valence-corrected chi connectivity index (χ1v) is 8.97. The highest BCUT2D eigenvalue weighted by atomic mass is 32.2. The first kappa shape index (κ1) is 17.5. The summed E-state index contributed by atoms with van der Waals surface area (Å²) in [5, 5.41) is 6.04. The molecule has 0 heterocycles. The van der Waals surface area contributed by atoms with Crippen molar-refractivity contribution in [2.45, 2.75) is 40.2 Å². The minimum atomic E-state index is -3.02. The molecule has 0 saturated heterocycles. The number of hydrogen-bond donors (Lipinski definition) is 2. The summed E-state index contributed by atoms with van der Waals surface area (Å²) in [5.74, 6) is 0.191. The smallest absolute Gasteiger partial charge is 0.224 e. The van der Waals surface area contributed by atoms with Crippen molar-refractivity contribution >= 4 is 27.1 Å². The third-order valence-electron chi connectivity index (χ3n) is 3.27. The van der Waals surface area contributed by atoms with Crippen LogP contribution in [-0.2, 0) is 14.6 Å². The standard InChI is InChI=1S/C15H24N2O3S/c1-5-15(18)17-14-9-7-8-13(12(14)4)16-11(3)10-21(19,20)6-2/h7-9,11,16H,5-6,10H2,1-4H3,(H,17,18). The quantitative estimate of drug-likeness (QED) is 0.811. The van der Waals surface area contributed by atoms with Gasteiger partial charge in [0.05, 0.1) is 5.75 Å². The fourth-order valence-corrected chi connectivity index (χ4v) is 3.05. The summed E-state index contributed by atoms with van der Waals surface area (Å²) in [6, 6.07) is 5.36. The van der Waals surface area contributed by atoms with E-state index in [-0.39, 0.29) is 23.5 Å². The van der Waals surface area contributed by atoms with Gasteiger partial charge in [-0.1, -0.05) is 19.9 Å². The van der Waals surface area contributed by atoms with Crippen molar-refractivity contribution in [1.82, 2.24) is 0 Å². The third-order valence-corrected chi connectivity index (χ3v) is 5.16. The number of nitrogens with one attached hydrogen (secondary N) is 2. The Hall–Kier alpha value is -1.56. The van der Waals surface area contributed by atoms with Crippen LogP contribution >= 0.6 is 0 Å². The Bertz CT molecular complexity index is 597. The molecule has 0 bridgehead atoms. The average Bonchev–Trinajstić information content (AvgIpc) is 2.42. The highest BCUT2D eigenvalue weighted by Gasteiger charge is 2.15. The number of anilines is 2. The lowest BCUT2D eigenvalue weighted by Crippen LogP contribution is -2.27. The van der Waals surface area contributed by atoms with Crippen LogP contribution in [0.25, 0.3) is 0 Å². The SMILES string of the molecule is CCC(=O)Nc1cccc(NC(C)CS(=O)(=O)CC)c1C. The number of rotatable bonds is 7. The molecule has 0 spiro atoms. The molecule has 118 valence electrons. The molecule has 1 aromatic rings. The number of carbonyl (C=O) groups is 1. The first-order chi connectivity index (χ1) is 9.79. The van der Waals surface area contributed by atoms with E-state index in [4.69, 9.17) is 0 Å². The fraction of sp³-hybridized carbons (Fsp3) is 0.533. The van der Waals surface area contributed by atoms with Gasteiger partial charge in [0.2, 0.25) is 5.91 Å². The summed E-state index contributed by atoms with van der Waals surface area (Å²) in [6.07, 6.45) is 0.419. The van der Waals surface area contributed by atoms with Gasteiger partial charge in [-0.05, 0) is 31.5 Å². The van der Waals surface area contributed by atoms with E-state index in [1.54, 1.807) is 13.8 Å². The number of hydrogen-bond acceptors (Lipinski definition) is 4. The molecule has 0 aromatic heterocycles. The van der Waals surface area contributed by atoms with Crippen LogP contribution in [-0.4, -0.2) is 31.9 Å². The van der Waals surface area contributed by atoms with Crippen molar-refractivity contribution in [2.75, 3.05) is 22.1 Å². The molecule has 0 aliphatic carbocycles. The molecule has 0 saturated carbocycles. The molecular formula is C15H24N2O3S. The van der Waals surface area contributed by atoms with E-state index >= 15 is 0 Å². The lowest BCUT2D eigenvalue weighted by Gasteiger charge is -2.18. The number of amides is 1. The Kier molecular flexibility index (Phi) is 6.20. The molecule has 1 atom stereocenters. The molecule has 0 aliphatic heterocycles. The summed E-state index contributed by atoms with van der Waals surface area (Å²) < 4.78 is 23.3. The van der Waals surface area contributed by atoms with E-state index in [1.165, 1.54) is 0 Å². The van der Waals surface area contributed by atoms with E-state index in [0.717, 1.165) is 16.9 Å². The molecule has 6 heteroatoms. The number of benzene rings is 1. The van der Waals surface area contributed by atoms with E-state index in [2.05, 4.69) is 10.6 Å². The Morgan fingerprint density at radius 2 is 1.86 bits per heavy atom. The monoisotopic (exact) mass is 312 g/mol. The van der Waals surface area contributed by atoms with Crippen molar-refractivity contribution in [2.24, 2.45) is 0 Å². The fourth-order valence-electron chi connectivity index (χ4n) is 1.97. The summed E-state index contributed by atoms with van der Waals surface area (Å²) in [6.45, 7) is 7.18. The van der Waals surface area contributed by atoms with Gasteiger partial charge in [0.15, 0.2) is 9.84 Å². The van der Waals surface area contributed by atoms with Gasteiger partial charge in [-0.15, -0.1) is 0 Å². The third kappa shape index (κ3) is 5.38. The number of sulfone groups is 1. The first-order valence-electron chi connectivity index (χ1n) is 7.15. The van der Waals surface area contributed by atoms with E-state index in [9.17, 15) is 13.2 Å². The predicted molar refractivity (Wildman–Crippen MR) is 87.5 cm³/mol. The van der Waals surface area contributed by atoms with Crippen LogP contribution in [0.5, 0.6) is 0 Å². The lowest BCUT2D eigenvalue weighted by molar-refractivity contribution is -0.115. The molecule has 1 aromatic carbocycles. The minimum absolute atomic E-state index is 0.0446. The molecular weight excluding hydrogens is 288 g/mol. The van der Waals surface area contributed by atoms with Gasteiger partial charge in [-0.3, -0.25) is 4.79 Å². The maximum absolute atomic E-state index is 11.6. The summed E-state index contributed by atoms with van der Waals surface area (Å²) in [5.41, 5.74) is 2.49. The van der Waals surface area contributed by atoms with Gasteiger partial charge in [-0.2, -0.15) is 0 Å². The zero-order valence-corrected chi connectivity index (χ0v) is 13.9. The van der Waals surface area contributed by atoms with E-state index in [0.29, 0.717) is 6.42 Å². The second kappa shape index (κ2) is 7.45. The topological polar surface area (TPSA) is 75.3 Å². The minimum Gasteiger partial charge on any atom is -0.381 e. The van der Waals surface area contributed by atoms with Crippen LogP contribution in [0, 0.1) is 6.92 Å². The van der Waals surface area contributed by atoms with Crippen molar-refractivity contribution in [3.05, 3.63) is 23.8 Å². The Morgan fingerprint density at radius 1 is 1.24 bits per heavy atom. The highest BCUT2D eigenvalue weighted by molar-refractivity contribution is 7.91. The molecule has 2 N–H and O–H groups in total. The summed E-state index contributed by atoms with van der Waals surface area (Å²) in [7, 11) is -3.02. The molecule has 0 aliphatic rings. The predicted octanol–water partition coefficient (Wildman–Crippen LogP) is 2.58. The summed E-state index contributed by atoms with van der Waals surface area (Å²) >= 11 is 0. The maximum Gasteiger partial charge on any atom is 0.224 e. The second-order valence-corrected chi connectivity index (χ2v) is 7.52. The maximum atomic E-state index is 11.6. The lowest BCUT2D eigenvalue weighted by atomic mass is 10.1. The van der Waals surface area contributed by atoms with Crippen LogP contribution in [0.2, 0.25) is 0 Å². The molecule has 0 radical (unpaired) electrons. The van der Waals surface area contributed by atoms with Gasteiger partial charge >= 0.3 is 0 Å². The zero-order chi connectivity index (χ0) is 16.0. The van der Waals surface area contributed by atoms with Crippen LogP contribution in [0.4, 0.5) is 11.4 Å². The van der Waals surface area contributed by atoms with Gasteiger partial charge < -0.3 is 10.6 Å². The Labute approximate surface area is 127 Å². The van der Waals surface area contributed by atoms with Crippen LogP contribution in [0.3, 0.4) is 0 Å². The highest BCUT2D eigenvalue weighted by Crippen LogP contribution is 2.24. The van der Waals surface area contributed by atoms with E-state index < -0.39 is 9.84 Å². The van der Waals surface area contributed by atoms with Crippen molar-refractivity contribution in [1.29, 1.82) is 0 Å².